The van der Waals surface area contributed by atoms with E-state index >= 15 is 0 Å². The molecule has 0 aliphatic rings. The summed E-state index contributed by atoms with van der Waals surface area (Å²) in [6.07, 6.45) is 4.22. The third-order valence-electron chi connectivity index (χ3n) is 1.12. The lowest BCUT2D eigenvalue weighted by Crippen LogP contribution is -2.09. The quantitative estimate of drug-likeness (QED) is 0.583. The Labute approximate surface area is 58.9 Å². The summed E-state index contributed by atoms with van der Waals surface area (Å²) in [5, 5.41) is 2.52. The first-order valence-corrected chi connectivity index (χ1v) is 2.97. The number of nitrogens with zero attached hydrogens (tertiary/aromatic N) is 2. The van der Waals surface area contributed by atoms with Crippen LogP contribution >= 0.6 is 0 Å². The van der Waals surface area contributed by atoms with Crippen LogP contribution in [0.3, 0.4) is 0 Å². The van der Waals surface area contributed by atoms with Gasteiger partial charge in [-0.15, -0.1) is 0 Å². The number of imidazole rings is 1. The van der Waals surface area contributed by atoms with Crippen molar-refractivity contribution in [2.75, 3.05) is 0 Å². The normalized spacial score (nSPS) is 9.30. The molecule has 1 rings (SSSR count). The van der Waals surface area contributed by atoms with Gasteiger partial charge in [-0.25, -0.2) is 4.98 Å². The van der Waals surface area contributed by atoms with E-state index in [1.165, 1.54) is 0 Å². The van der Waals surface area contributed by atoms with Gasteiger partial charge < -0.3 is 9.88 Å². The summed E-state index contributed by atoms with van der Waals surface area (Å²) in [4.78, 5) is 13.8. The van der Waals surface area contributed by atoms with Gasteiger partial charge in [0.25, 0.3) is 0 Å². The van der Waals surface area contributed by atoms with E-state index in [1.54, 1.807) is 6.33 Å². The molecule has 0 aromatic carbocycles. The number of aromatic nitrogens is 2. The van der Waals surface area contributed by atoms with Crippen molar-refractivity contribution in [3.8, 4) is 0 Å². The van der Waals surface area contributed by atoms with Crippen molar-refractivity contribution in [3.05, 3.63) is 18.2 Å². The average Bonchev–Trinajstić information content (AvgIpc) is 2.31. The fraction of sp³-hybridized carbons (Fsp3) is 0.333. The molecule has 0 saturated carbocycles. The van der Waals surface area contributed by atoms with Crippen LogP contribution in [0.15, 0.2) is 12.5 Å². The minimum Gasteiger partial charge on any atom is -0.353 e. The van der Waals surface area contributed by atoms with Crippen LogP contribution in [0.5, 0.6) is 0 Å². The molecule has 54 valence electrons. The lowest BCUT2D eigenvalue weighted by molar-refractivity contribution is -0.109. The molecule has 1 aromatic rings. The van der Waals surface area contributed by atoms with Gasteiger partial charge in [0, 0.05) is 13.2 Å². The second kappa shape index (κ2) is 3.00. The van der Waals surface area contributed by atoms with Crippen LogP contribution in [0, 0.1) is 0 Å². The van der Waals surface area contributed by atoms with Crippen molar-refractivity contribution in [1.29, 1.82) is 0 Å². The Balaban J connectivity index is 2.49. The van der Waals surface area contributed by atoms with E-state index in [4.69, 9.17) is 0 Å². The predicted molar refractivity (Wildman–Crippen MR) is 36.1 cm³/mol. The number of aryl methyl sites for hydroxylation is 1. The molecule has 0 bridgehead atoms. The standard InChI is InChI=1S/C6H9N3O/c1-9-3-6(8-4-9)2-7-5-10/h3-5H,2H2,1H3,(H,7,10). The lowest BCUT2D eigenvalue weighted by atomic mass is 10.5. The maximum atomic E-state index is 9.84. The summed E-state index contributed by atoms with van der Waals surface area (Å²) in [5.74, 6) is 0. The zero-order valence-electron chi connectivity index (χ0n) is 5.74. The molecular weight excluding hydrogens is 130 g/mol. The molecule has 0 aliphatic heterocycles. The maximum absolute atomic E-state index is 9.84. The van der Waals surface area contributed by atoms with E-state index < -0.39 is 0 Å². The Morgan fingerprint density at radius 1 is 1.90 bits per heavy atom. The number of nitrogens with one attached hydrogen (secondary N) is 1. The summed E-state index contributed by atoms with van der Waals surface area (Å²) < 4.78 is 1.84. The van der Waals surface area contributed by atoms with Crippen molar-refractivity contribution in [1.82, 2.24) is 14.9 Å². The number of rotatable bonds is 3. The molecule has 1 N–H and O–H groups in total. The van der Waals surface area contributed by atoms with Gasteiger partial charge in [-0.1, -0.05) is 0 Å². The molecule has 4 heteroatoms. The van der Waals surface area contributed by atoms with Crippen LogP contribution < -0.4 is 5.32 Å². The molecule has 0 aliphatic carbocycles. The monoisotopic (exact) mass is 139 g/mol. The van der Waals surface area contributed by atoms with E-state index in [1.807, 2.05) is 17.8 Å². The van der Waals surface area contributed by atoms with E-state index in [-0.39, 0.29) is 0 Å². The Kier molecular flexibility index (Phi) is 2.04. The van der Waals surface area contributed by atoms with Gasteiger partial charge in [-0.2, -0.15) is 0 Å². The predicted octanol–water partition coefficient (Wildman–Crippen LogP) is -0.334. The minimum absolute atomic E-state index is 0.504. The largest absolute Gasteiger partial charge is 0.353 e. The van der Waals surface area contributed by atoms with Crippen LogP contribution in [0.4, 0.5) is 0 Å². The van der Waals surface area contributed by atoms with Crippen molar-refractivity contribution in [2.45, 2.75) is 6.54 Å². The zero-order chi connectivity index (χ0) is 7.40. The molecule has 0 unspecified atom stereocenters. The third kappa shape index (κ3) is 1.58. The van der Waals surface area contributed by atoms with Gasteiger partial charge >= 0.3 is 0 Å². The minimum atomic E-state index is 0.504. The number of amides is 1. The molecule has 1 aromatic heterocycles. The highest BCUT2D eigenvalue weighted by Gasteiger charge is 1.92. The zero-order valence-corrected chi connectivity index (χ0v) is 5.74. The van der Waals surface area contributed by atoms with Gasteiger partial charge in [-0.05, 0) is 0 Å². The number of hydrogen-bond acceptors (Lipinski definition) is 2. The van der Waals surface area contributed by atoms with Gasteiger partial charge in [0.15, 0.2) is 0 Å². The smallest absolute Gasteiger partial charge is 0.207 e. The molecule has 0 saturated heterocycles. The first-order valence-electron chi connectivity index (χ1n) is 2.97. The van der Waals surface area contributed by atoms with Gasteiger partial charge in [-0.3, -0.25) is 4.79 Å². The van der Waals surface area contributed by atoms with Crippen LogP contribution in [0.25, 0.3) is 0 Å². The maximum Gasteiger partial charge on any atom is 0.207 e. The summed E-state index contributed by atoms with van der Waals surface area (Å²) >= 11 is 0. The van der Waals surface area contributed by atoms with Crippen molar-refractivity contribution >= 4 is 6.41 Å². The highest BCUT2D eigenvalue weighted by molar-refractivity contribution is 5.45. The highest BCUT2D eigenvalue weighted by atomic mass is 16.1. The van der Waals surface area contributed by atoms with E-state index in [0.29, 0.717) is 13.0 Å². The topological polar surface area (TPSA) is 46.9 Å². The van der Waals surface area contributed by atoms with Gasteiger partial charge in [0.2, 0.25) is 6.41 Å². The fourth-order valence-corrected chi connectivity index (χ4v) is 0.704. The van der Waals surface area contributed by atoms with E-state index in [0.717, 1.165) is 5.69 Å². The first-order chi connectivity index (χ1) is 4.83. The number of carbonyl (C=O) groups excluding carboxylic acids is 1. The van der Waals surface area contributed by atoms with Crippen LogP contribution in [-0.2, 0) is 18.4 Å². The molecule has 4 nitrogen and oxygen atoms in total. The Bertz CT molecular complexity index is 219. The van der Waals surface area contributed by atoms with Crippen molar-refractivity contribution in [3.63, 3.8) is 0 Å². The summed E-state index contributed by atoms with van der Waals surface area (Å²) in [6, 6.07) is 0. The van der Waals surface area contributed by atoms with Crippen LogP contribution in [0.2, 0.25) is 0 Å². The summed E-state index contributed by atoms with van der Waals surface area (Å²) in [6.45, 7) is 0.504. The fourth-order valence-electron chi connectivity index (χ4n) is 0.704. The molecule has 0 fully saturated rings. The SMILES string of the molecule is Cn1cnc(CNC=O)c1. The summed E-state index contributed by atoms with van der Waals surface area (Å²) in [7, 11) is 1.89. The third-order valence-corrected chi connectivity index (χ3v) is 1.12. The van der Waals surface area contributed by atoms with Crippen molar-refractivity contribution < 1.29 is 4.79 Å². The first kappa shape index (κ1) is 6.80. The van der Waals surface area contributed by atoms with Crippen molar-refractivity contribution in [2.24, 2.45) is 7.05 Å². The summed E-state index contributed by atoms with van der Waals surface area (Å²) in [5.41, 5.74) is 0.870. The highest BCUT2D eigenvalue weighted by Crippen LogP contribution is 1.91. The van der Waals surface area contributed by atoms with E-state index in [2.05, 4.69) is 10.3 Å². The molecular formula is C6H9N3O. The Morgan fingerprint density at radius 3 is 3.20 bits per heavy atom. The van der Waals surface area contributed by atoms with Crippen LogP contribution in [-0.4, -0.2) is 16.0 Å². The molecule has 0 atom stereocenters. The molecule has 0 spiro atoms. The van der Waals surface area contributed by atoms with Crippen LogP contribution in [0.1, 0.15) is 5.69 Å². The Morgan fingerprint density at radius 2 is 2.70 bits per heavy atom. The van der Waals surface area contributed by atoms with Gasteiger partial charge in [0.1, 0.15) is 0 Å². The lowest BCUT2D eigenvalue weighted by Gasteiger charge is -1.90. The second-order valence-electron chi connectivity index (χ2n) is 2.03. The number of carbonyl (C=O) groups is 1. The molecule has 1 heterocycles. The average molecular weight is 139 g/mol. The molecule has 10 heavy (non-hydrogen) atoms. The number of hydrogen-bond donors (Lipinski definition) is 1. The van der Waals surface area contributed by atoms with Gasteiger partial charge in [0.05, 0.1) is 18.6 Å². The van der Waals surface area contributed by atoms with E-state index in [9.17, 15) is 4.79 Å². The Hall–Kier alpha value is -1.32. The molecule has 0 radical (unpaired) electrons. The molecule has 1 amide bonds. The second-order valence-corrected chi connectivity index (χ2v) is 2.03.